The Morgan fingerprint density at radius 1 is 1.36 bits per heavy atom. The third-order valence-electron chi connectivity index (χ3n) is 4.46. The summed E-state index contributed by atoms with van der Waals surface area (Å²) in [7, 11) is 1.77. The molecule has 132 valence electrons. The molecule has 2 N–H and O–H groups in total. The summed E-state index contributed by atoms with van der Waals surface area (Å²) in [6.45, 7) is 1.13. The summed E-state index contributed by atoms with van der Waals surface area (Å²) in [5.74, 6) is 0.574. The molecule has 6 nitrogen and oxygen atoms in total. The number of hydrogen-bond donors (Lipinski definition) is 2. The van der Waals surface area contributed by atoms with Crippen LogP contribution in [0.2, 0.25) is 0 Å². The fraction of sp³-hybridized carbons (Fsp3) is 0.368. The average Bonchev–Trinajstić information content (AvgIpc) is 2.68. The first-order chi connectivity index (χ1) is 12.2. The van der Waals surface area contributed by atoms with Crippen molar-refractivity contribution in [2.24, 2.45) is 0 Å². The summed E-state index contributed by atoms with van der Waals surface area (Å²) in [4.78, 5) is 18.7. The van der Waals surface area contributed by atoms with E-state index in [9.17, 15) is 9.90 Å². The van der Waals surface area contributed by atoms with E-state index in [1.165, 1.54) is 0 Å². The fourth-order valence-corrected chi connectivity index (χ4v) is 3.13. The number of aliphatic hydroxyl groups excluding tert-OH is 1. The minimum absolute atomic E-state index is 0.0758. The molecule has 0 spiro atoms. The molecule has 3 rings (SSSR count). The standard InChI is InChI=1S/C19H23N3O3/c1-20-17-11-16(7-8-21-17)18(24)22-9-10-25-19(13-22,14-23)12-15-5-3-2-4-6-15/h2-8,11,23H,9-10,12-14H2,1H3,(H,20,21)/t19-/m1/s1. The van der Waals surface area contributed by atoms with E-state index in [0.29, 0.717) is 37.5 Å². The Balaban J connectivity index is 1.77. The Morgan fingerprint density at radius 3 is 2.88 bits per heavy atom. The summed E-state index contributed by atoms with van der Waals surface area (Å²) in [5.41, 5.74) is 0.883. The smallest absolute Gasteiger partial charge is 0.254 e. The largest absolute Gasteiger partial charge is 0.393 e. The van der Waals surface area contributed by atoms with Gasteiger partial charge in [0.15, 0.2) is 0 Å². The molecule has 0 unspecified atom stereocenters. The van der Waals surface area contributed by atoms with Gasteiger partial charge in [0.1, 0.15) is 11.4 Å². The van der Waals surface area contributed by atoms with Gasteiger partial charge in [0.2, 0.25) is 0 Å². The van der Waals surface area contributed by atoms with Crippen LogP contribution in [0.4, 0.5) is 5.82 Å². The first-order valence-corrected chi connectivity index (χ1v) is 8.38. The van der Waals surface area contributed by atoms with Gasteiger partial charge in [-0.1, -0.05) is 30.3 Å². The molecule has 1 fully saturated rings. The van der Waals surface area contributed by atoms with E-state index in [0.717, 1.165) is 5.56 Å². The molecule has 1 aliphatic heterocycles. The van der Waals surface area contributed by atoms with Crippen molar-refractivity contribution in [1.82, 2.24) is 9.88 Å². The zero-order valence-corrected chi connectivity index (χ0v) is 14.3. The predicted molar refractivity (Wildman–Crippen MR) is 95.6 cm³/mol. The van der Waals surface area contributed by atoms with Crippen LogP contribution >= 0.6 is 0 Å². The Hall–Kier alpha value is -2.44. The van der Waals surface area contributed by atoms with Crippen LogP contribution in [0.25, 0.3) is 0 Å². The maximum absolute atomic E-state index is 12.9. The molecule has 1 amide bonds. The molecular weight excluding hydrogens is 318 g/mol. The number of carbonyl (C=O) groups is 1. The van der Waals surface area contributed by atoms with E-state index in [1.807, 2.05) is 30.3 Å². The van der Waals surface area contributed by atoms with Crippen molar-refractivity contribution in [3.05, 3.63) is 59.8 Å². The predicted octanol–water partition coefficient (Wildman–Crippen LogP) is 1.57. The van der Waals surface area contributed by atoms with Crippen molar-refractivity contribution in [1.29, 1.82) is 0 Å². The zero-order valence-electron chi connectivity index (χ0n) is 14.3. The van der Waals surface area contributed by atoms with Crippen molar-refractivity contribution in [2.45, 2.75) is 12.0 Å². The molecule has 1 atom stereocenters. The lowest BCUT2D eigenvalue weighted by molar-refractivity contribution is -0.123. The number of benzene rings is 1. The number of morpholine rings is 1. The third kappa shape index (κ3) is 3.97. The van der Waals surface area contributed by atoms with Crippen LogP contribution in [-0.4, -0.2) is 59.8 Å². The van der Waals surface area contributed by atoms with E-state index >= 15 is 0 Å². The minimum atomic E-state index is -0.770. The van der Waals surface area contributed by atoms with E-state index < -0.39 is 5.60 Å². The molecule has 0 bridgehead atoms. The van der Waals surface area contributed by atoms with Gasteiger partial charge in [-0.2, -0.15) is 0 Å². The fourth-order valence-electron chi connectivity index (χ4n) is 3.13. The van der Waals surface area contributed by atoms with Crippen LogP contribution in [0.15, 0.2) is 48.7 Å². The lowest BCUT2D eigenvalue weighted by Gasteiger charge is -2.42. The van der Waals surface area contributed by atoms with E-state index in [4.69, 9.17) is 4.74 Å². The second kappa shape index (κ2) is 7.63. The molecular formula is C19H23N3O3. The Kier molecular flexibility index (Phi) is 5.31. The molecule has 25 heavy (non-hydrogen) atoms. The third-order valence-corrected chi connectivity index (χ3v) is 4.46. The SMILES string of the molecule is CNc1cc(C(=O)N2CCO[C@](CO)(Cc3ccccc3)C2)ccn1. The van der Waals surface area contributed by atoms with Gasteiger partial charge in [0, 0.05) is 31.8 Å². The molecule has 2 heterocycles. The highest BCUT2D eigenvalue weighted by Gasteiger charge is 2.38. The number of hydrogen-bond acceptors (Lipinski definition) is 5. The monoisotopic (exact) mass is 341 g/mol. The van der Waals surface area contributed by atoms with E-state index in [2.05, 4.69) is 10.3 Å². The molecule has 1 aromatic carbocycles. The number of aromatic nitrogens is 1. The molecule has 0 aliphatic carbocycles. The molecule has 0 radical (unpaired) electrons. The average molecular weight is 341 g/mol. The van der Waals surface area contributed by atoms with Crippen LogP contribution < -0.4 is 5.32 Å². The summed E-state index contributed by atoms with van der Waals surface area (Å²) in [6, 6.07) is 13.3. The van der Waals surface area contributed by atoms with Crippen molar-refractivity contribution >= 4 is 11.7 Å². The van der Waals surface area contributed by atoms with Crippen molar-refractivity contribution in [3.8, 4) is 0 Å². The van der Waals surface area contributed by atoms with Crippen LogP contribution in [0.5, 0.6) is 0 Å². The van der Waals surface area contributed by atoms with Crippen LogP contribution in [-0.2, 0) is 11.2 Å². The number of nitrogens with zero attached hydrogens (tertiary/aromatic N) is 2. The van der Waals surface area contributed by atoms with Gasteiger partial charge in [-0.05, 0) is 17.7 Å². The van der Waals surface area contributed by atoms with Crippen LogP contribution in [0.3, 0.4) is 0 Å². The van der Waals surface area contributed by atoms with Gasteiger partial charge >= 0.3 is 0 Å². The first-order valence-electron chi connectivity index (χ1n) is 8.38. The zero-order chi connectivity index (χ0) is 17.7. The topological polar surface area (TPSA) is 74.7 Å². The molecule has 1 saturated heterocycles. The van der Waals surface area contributed by atoms with Gasteiger partial charge in [0.05, 0.1) is 19.8 Å². The summed E-state index contributed by atoms with van der Waals surface area (Å²) in [6.07, 6.45) is 2.18. The van der Waals surface area contributed by atoms with Gasteiger partial charge in [-0.15, -0.1) is 0 Å². The van der Waals surface area contributed by atoms with E-state index in [-0.39, 0.29) is 12.5 Å². The van der Waals surface area contributed by atoms with Crippen LogP contribution in [0.1, 0.15) is 15.9 Å². The highest BCUT2D eigenvalue weighted by molar-refractivity contribution is 5.95. The highest BCUT2D eigenvalue weighted by atomic mass is 16.5. The highest BCUT2D eigenvalue weighted by Crippen LogP contribution is 2.24. The number of ether oxygens (including phenoxy) is 1. The normalized spacial score (nSPS) is 20.3. The number of pyridine rings is 1. The molecule has 1 aliphatic rings. The minimum Gasteiger partial charge on any atom is -0.393 e. The number of anilines is 1. The summed E-state index contributed by atoms with van der Waals surface area (Å²) < 4.78 is 5.91. The second-order valence-electron chi connectivity index (χ2n) is 6.26. The number of rotatable bonds is 5. The molecule has 6 heteroatoms. The summed E-state index contributed by atoms with van der Waals surface area (Å²) in [5, 5.41) is 12.9. The van der Waals surface area contributed by atoms with Crippen molar-refractivity contribution < 1.29 is 14.6 Å². The Labute approximate surface area is 147 Å². The van der Waals surface area contributed by atoms with Gasteiger partial charge in [-0.25, -0.2) is 4.98 Å². The Bertz CT molecular complexity index is 723. The molecule has 1 aromatic heterocycles. The number of carbonyl (C=O) groups excluding carboxylic acids is 1. The van der Waals surface area contributed by atoms with Gasteiger partial charge in [0.25, 0.3) is 5.91 Å². The van der Waals surface area contributed by atoms with Crippen LogP contribution in [0, 0.1) is 0 Å². The number of amides is 1. The molecule has 2 aromatic rings. The maximum Gasteiger partial charge on any atom is 0.254 e. The second-order valence-corrected chi connectivity index (χ2v) is 6.26. The quantitative estimate of drug-likeness (QED) is 0.863. The van der Waals surface area contributed by atoms with E-state index in [1.54, 1.807) is 30.3 Å². The summed E-state index contributed by atoms with van der Waals surface area (Å²) >= 11 is 0. The lowest BCUT2D eigenvalue weighted by Crippen LogP contribution is -2.56. The molecule has 0 saturated carbocycles. The first kappa shape index (κ1) is 17.4. The number of aliphatic hydroxyl groups is 1. The van der Waals surface area contributed by atoms with Gasteiger partial charge in [-0.3, -0.25) is 4.79 Å². The Morgan fingerprint density at radius 2 is 2.16 bits per heavy atom. The van der Waals surface area contributed by atoms with Crippen molar-refractivity contribution in [2.75, 3.05) is 38.7 Å². The lowest BCUT2D eigenvalue weighted by atomic mass is 9.93. The van der Waals surface area contributed by atoms with Gasteiger partial charge < -0.3 is 20.1 Å². The maximum atomic E-state index is 12.9. The van der Waals surface area contributed by atoms with Crippen molar-refractivity contribution in [3.63, 3.8) is 0 Å². The number of nitrogens with one attached hydrogen (secondary N) is 1.